The van der Waals surface area contributed by atoms with Gasteiger partial charge in [-0.3, -0.25) is 18.9 Å². The molecule has 1 aromatic heterocycles. The highest BCUT2D eigenvalue weighted by atomic mass is 35.5. The van der Waals surface area contributed by atoms with E-state index in [0.29, 0.717) is 11.2 Å². The number of rotatable bonds is 8. The van der Waals surface area contributed by atoms with Gasteiger partial charge in [-0.05, 0) is 24.3 Å². The van der Waals surface area contributed by atoms with Crippen LogP contribution in [0.4, 0.5) is 4.39 Å². The molecule has 0 aliphatic carbocycles. The first kappa shape index (κ1) is 23.2. The van der Waals surface area contributed by atoms with Crippen LogP contribution in [-0.4, -0.2) is 40.0 Å². The smallest absolute Gasteiger partial charge is 0.413 e. The van der Waals surface area contributed by atoms with Crippen LogP contribution < -0.4 is 20.9 Å². The Morgan fingerprint density at radius 2 is 2.13 bits per heavy atom. The van der Waals surface area contributed by atoms with Gasteiger partial charge in [0, 0.05) is 11.4 Å². The number of aromatic amines is 1. The van der Waals surface area contributed by atoms with Crippen LogP contribution in [0.2, 0.25) is 5.02 Å². The van der Waals surface area contributed by atoms with Crippen LogP contribution in [0.15, 0.2) is 40.1 Å². The monoisotopic (exact) mass is 473 g/mol. The lowest BCUT2D eigenvalue weighted by atomic mass is 10.2. The number of halogens is 2. The van der Waals surface area contributed by atoms with Crippen molar-refractivity contribution < 1.29 is 27.8 Å². The van der Waals surface area contributed by atoms with Crippen molar-refractivity contribution in [2.24, 2.45) is 0 Å². The molecule has 1 aliphatic heterocycles. The van der Waals surface area contributed by atoms with Crippen LogP contribution in [0.25, 0.3) is 0 Å². The number of ether oxygens (including phenoxy) is 1. The van der Waals surface area contributed by atoms with Gasteiger partial charge in [0.2, 0.25) is 5.82 Å². The molecule has 13 heteroatoms. The van der Waals surface area contributed by atoms with Gasteiger partial charge >= 0.3 is 13.4 Å². The number of nitrogens with zero attached hydrogens (tertiary/aromatic N) is 1. The van der Waals surface area contributed by atoms with Crippen molar-refractivity contribution in [3.63, 3.8) is 0 Å². The first-order chi connectivity index (χ1) is 14.7. The van der Waals surface area contributed by atoms with Crippen molar-refractivity contribution in [1.29, 1.82) is 0 Å². The maximum absolute atomic E-state index is 13.5. The standard InChI is InChI=1S/C18H18ClFN3O7P/c1-2-7-21-31(27,30-12-5-3-11(19)4-6-12)28-10-15-14(24)8-16(29-15)23-9-13(20)17(25)22-18(23)26/h1,3-6,9,14-16,24H,7-8,10H2,(H,21,27)(H,22,25,26)/t14-,15+,16+,31?/m0/s1. The third-order valence-corrected chi connectivity index (χ3v) is 6.00. The maximum atomic E-state index is 13.5. The van der Waals surface area contributed by atoms with E-state index < -0.39 is 49.9 Å². The van der Waals surface area contributed by atoms with Crippen molar-refractivity contribution in [2.45, 2.75) is 24.9 Å². The summed E-state index contributed by atoms with van der Waals surface area (Å²) in [6.45, 7) is -0.533. The molecule has 1 unspecified atom stereocenters. The Balaban J connectivity index is 1.70. The minimum Gasteiger partial charge on any atom is -0.413 e. The van der Waals surface area contributed by atoms with Crippen LogP contribution in [0, 0.1) is 18.2 Å². The summed E-state index contributed by atoms with van der Waals surface area (Å²) in [6, 6.07) is 6.00. The number of hydrogen-bond acceptors (Lipinski definition) is 7. The van der Waals surface area contributed by atoms with Crippen LogP contribution in [0.3, 0.4) is 0 Å². The first-order valence-corrected chi connectivity index (χ1v) is 10.9. The topological polar surface area (TPSA) is 132 Å². The van der Waals surface area contributed by atoms with Gasteiger partial charge in [-0.1, -0.05) is 17.5 Å². The Hall–Kier alpha value is -2.45. The van der Waals surface area contributed by atoms with E-state index in [4.69, 9.17) is 31.8 Å². The van der Waals surface area contributed by atoms with E-state index in [-0.39, 0.29) is 18.7 Å². The van der Waals surface area contributed by atoms with Crippen LogP contribution in [-0.2, 0) is 13.8 Å². The molecule has 10 nitrogen and oxygen atoms in total. The van der Waals surface area contributed by atoms with Gasteiger partial charge in [-0.2, -0.15) is 4.39 Å². The third-order valence-electron chi connectivity index (χ3n) is 4.26. The lowest BCUT2D eigenvalue weighted by Crippen LogP contribution is -2.34. The number of hydrogen-bond donors (Lipinski definition) is 3. The zero-order valence-corrected chi connectivity index (χ0v) is 17.5. The summed E-state index contributed by atoms with van der Waals surface area (Å²) in [5.74, 6) is 1.26. The molecule has 2 aromatic rings. The lowest BCUT2D eigenvalue weighted by Gasteiger charge is -2.22. The molecular weight excluding hydrogens is 456 g/mol. The van der Waals surface area contributed by atoms with Gasteiger partial charge in [0.25, 0.3) is 5.56 Å². The summed E-state index contributed by atoms with van der Waals surface area (Å²) in [4.78, 5) is 24.9. The number of aliphatic hydroxyl groups is 1. The van der Waals surface area contributed by atoms with E-state index in [1.807, 2.05) is 0 Å². The SMILES string of the molecule is C#CCNP(=O)(OC[C@H]1O[C@@H](n2cc(F)c(=O)[nH]c2=O)C[C@@H]1O)Oc1ccc(Cl)cc1. The van der Waals surface area contributed by atoms with Gasteiger partial charge in [0.15, 0.2) is 0 Å². The average molecular weight is 474 g/mol. The zero-order chi connectivity index (χ0) is 22.6. The second kappa shape index (κ2) is 9.78. The number of terminal acetylenes is 1. The van der Waals surface area contributed by atoms with E-state index in [1.54, 1.807) is 4.98 Å². The number of H-pyrrole nitrogens is 1. The van der Waals surface area contributed by atoms with Crippen molar-refractivity contribution >= 4 is 19.3 Å². The summed E-state index contributed by atoms with van der Waals surface area (Å²) < 4.78 is 43.7. The predicted molar refractivity (Wildman–Crippen MR) is 108 cm³/mol. The summed E-state index contributed by atoms with van der Waals surface area (Å²) in [7, 11) is -3.97. The van der Waals surface area contributed by atoms with Crippen LogP contribution in [0.1, 0.15) is 12.6 Å². The van der Waals surface area contributed by atoms with Crippen molar-refractivity contribution in [1.82, 2.24) is 14.6 Å². The molecular formula is C18H18ClFN3O7P. The summed E-state index contributed by atoms with van der Waals surface area (Å²) >= 11 is 5.81. The molecule has 0 amide bonds. The lowest BCUT2D eigenvalue weighted by molar-refractivity contribution is -0.0428. The Morgan fingerprint density at radius 1 is 1.42 bits per heavy atom. The zero-order valence-electron chi connectivity index (χ0n) is 15.9. The molecule has 0 radical (unpaired) electrons. The van der Waals surface area contributed by atoms with E-state index in [0.717, 1.165) is 4.57 Å². The van der Waals surface area contributed by atoms with Gasteiger partial charge < -0.3 is 14.4 Å². The maximum Gasteiger partial charge on any atom is 0.459 e. The number of benzene rings is 1. The molecule has 2 heterocycles. The predicted octanol–water partition coefficient (Wildman–Crippen LogP) is 1.40. The number of aromatic nitrogens is 2. The summed E-state index contributed by atoms with van der Waals surface area (Å²) in [6.07, 6.45) is 2.55. The molecule has 31 heavy (non-hydrogen) atoms. The second-order valence-electron chi connectivity index (χ2n) is 6.45. The quantitative estimate of drug-likeness (QED) is 0.387. The molecule has 3 rings (SSSR count). The minimum atomic E-state index is -3.97. The Kier molecular flexibility index (Phi) is 7.33. The molecule has 1 saturated heterocycles. The Labute approximate surface area is 180 Å². The molecule has 1 aliphatic rings. The fourth-order valence-corrected chi connectivity index (χ4v) is 4.12. The molecule has 166 valence electrons. The minimum absolute atomic E-state index is 0.0977. The highest BCUT2D eigenvalue weighted by Crippen LogP contribution is 2.45. The van der Waals surface area contributed by atoms with Gasteiger partial charge in [-0.15, -0.1) is 6.42 Å². The largest absolute Gasteiger partial charge is 0.459 e. The summed E-state index contributed by atoms with van der Waals surface area (Å²) in [5, 5.41) is 13.2. The Morgan fingerprint density at radius 3 is 2.81 bits per heavy atom. The van der Waals surface area contributed by atoms with E-state index >= 15 is 0 Å². The normalized spacial score (nSPS) is 22.6. The molecule has 0 spiro atoms. The molecule has 1 fully saturated rings. The molecule has 3 N–H and O–H groups in total. The van der Waals surface area contributed by atoms with Gasteiger partial charge in [0.05, 0.1) is 25.5 Å². The summed E-state index contributed by atoms with van der Waals surface area (Å²) in [5.41, 5.74) is -2.07. The Bertz CT molecular complexity index is 1130. The molecule has 1 aromatic carbocycles. The number of aliphatic hydroxyl groups excluding tert-OH is 1. The van der Waals surface area contributed by atoms with Crippen LogP contribution >= 0.6 is 19.3 Å². The van der Waals surface area contributed by atoms with E-state index in [2.05, 4.69) is 11.0 Å². The third kappa shape index (κ3) is 5.83. The van der Waals surface area contributed by atoms with Gasteiger partial charge in [0.1, 0.15) is 18.1 Å². The second-order valence-corrected chi connectivity index (χ2v) is 8.64. The molecule has 0 saturated carbocycles. The number of nitrogens with one attached hydrogen (secondary N) is 2. The fourth-order valence-electron chi connectivity index (χ4n) is 2.76. The highest BCUT2D eigenvalue weighted by Gasteiger charge is 2.38. The van der Waals surface area contributed by atoms with Gasteiger partial charge in [-0.25, -0.2) is 14.4 Å². The van der Waals surface area contributed by atoms with E-state index in [9.17, 15) is 23.7 Å². The molecule has 0 bridgehead atoms. The van der Waals surface area contributed by atoms with Crippen molar-refractivity contribution in [3.8, 4) is 18.1 Å². The van der Waals surface area contributed by atoms with Crippen LogP contribution in [0.5, 0.6) is 5.75 Å². The average Bonchev–Trinajstić information content (AvgIpc) is 3.10. The van der Waals surface area contributed by atoms with Crippen molar-refractivity contribution in [3.05, 3.63) is 62.1 Å². The van der Waals surface area contributed by atoms with E-state index in [1.165, 1.54) is 24.3 Å². The highest BCUT2D eigenvalue weighted by molar-refractivity contribution is 7.52. The first-order valence-electron chi connectivity index (χ1n) is 8.93. The van der Waals surface area contributed by atoms with Crippen molar-refractivity contribution in [2.75, 3.05) is 13.2 Å². The fraction of sp³-hybridized carbons (Fsp3) is 0.333. The molecule has 4 atom stereocenters.